The van der Waals surface area contributed by atoms with E-state index in [0.29, 0.717) is 17.0 Å². The van der Waals surface area contributed by atoms with Crippen molar-refractivity contribution in [2.45, 2.75) is 41.5 Å². The SMILES string of the molecule is CS(=O)(=O)NCc1nc(NC(=O)Nc2ccnc(C(=O)C3CCCC3)c2)sc1S(=O)(=O)c1ccccn1. The quantitative estimate of drug-likeness (QED) is 0.330. The number of aromatic nitrogens is 3. The third kappa shape index (κ3) is 6.74. The van der Waals surface area contributed by atoms with E-state index in [1.807, 2.05) is 0 Å². The summed E-state index contributed by atoms with van der Waals surface area (Å²) in [6.45, 7) is -0.406. The van der Waals surface area contributed by atoms with E-state index in [2.05, 4.69) is 30.3 Å². The molecule has 2 amide bonds. The molecule has 196 valence electrons. The minimum absolute atomic E-state index is 0.0612. The Labute approximate surface area is 217 Å². The van der Waals surface area contributed by atoms with Gasteiger partial charge in [-0.2, -0.15) is 0 Å². The number of nitrogens with one attached hydrogen (secondary N) is 3. The summed E-state index contributed by atoms with van der Waals surface area (Å²) in [4.78, 5) is 37.4. The Bertz CT molecular complexity index is 1520. The molecule has 1 aliphatic carbocycles. The van der Waals surface area contributed by atoms with E-state index in [9.17, 15) is 26.4 Å². The van der Waals surface area contributed by atoms with Gasteiger partial charge in [0.1, 0.15) is 5.69 Å². The van der Waals surface area contributed by atoms with Crippen LogP contribution in [0.15, 0.2) is 52.0 Å². The number of pyridine rings is 2. The average molecular weight is 565 g/mol. The van der Waals surface area contributed by atoms with Gasteiger partial charge in [-0.3, -0.25) is 15.1 Å². The summed E-state index contributed by atoms with van der Waals surface area (Å²) in [5.41, 5.74) is 0.493. The van der Waals surface area contributed by atoms with Gasteiger partial charge >= 0.3 is 6.03 Å². The zero-order chi connectivity index (χ0) is 26.6. The molecule has 3 aromatic rings. The Kier molecular flexibility index (Phi) is 7.96. The predicted octanol–water partition coefficient (Wildman–Crippen LogP) is 2.83. The Morgan fingerprint density at radius 2 is 1.78 bits per heavy atom. The number of urea groups is 1. The van der Waals surface area contributed by atoms with Gasteiger partial charge in [-0.05, 0) is 37.1 Å². The van der Waals surface area contributed by atoms with Gasteiger partial charge in [0.15, 0.2) is 20.1 Å². The van der Waals surface area contributed by atoms with E-state index in [-0.39, 0.29) is 37.5 Å². The van der Waals surface area contributed by atoms with Crippen molar-refractivity contribution in [2.24, 2.45) is 5.92 Å². The van der Waals surface area contributed by atoms with Gasteiger partial charge in [-0.25, -0.2) is 36.3 Å². The summed E-state index contributed by atoms with van der Waals surface area (Å²) in [6, 6.07) is 6.63. The van der Waals surface area contributed by atoms with Crippen LogP contribution in [0.2, 0.25) is 0 Å². The lowest BCUT2D eigenvalue weighted by Gasteiger charge is -2.09. The molecule has 0 bridgehead atoms. The van der Waals surface area contributed by atoms with Crippen LogP contribution in [0.1, 0.15) is 41.9 Å². The first-order valence-corrected chi connectivity index (χ1v) is 15.4. The van der Waals surface area contributed by atoms with Crippen molar-refractivity contribution >= 4 is 53.8 Å². The number of thiazole rings is 1. The van der Waals surface area contributed by atoms with Gasteiger partial charge in [-0.15, -0.1) is 0 Å². The van der Waals surface area contributed by atoms with Crippen LogP contribution < -0.4 is 15.4 Å². The van der Waals surface area contributed by atoms with E-state index in [1.165, 1.54) is 36.7 Å². The number of hydrogen-bond acceptors (Lipinski definition) is 10. The Balaban J connectivity index is 1.54. The number of rotatable bonds is 9. The Morgan fingerprint density at radius 3 is 2.46 bits per heavy atom. The molecule has 0 aliphatic heterocycles. The third-order valence-electron chi connectivity index (χ3n) is 5.54. The van der Waals surface area contributed by atoms with Crippen molar-refractivity contribution in [2.75, 3.05) is 16.9 Å². The second-order valence-electron chi connectivity index (χ2n) is 8.37. The minimum atomic E-state index is -4.14. The largest absolute Gasteiger partial charge is 0.325 e. The molecule has 3 heterocycles. The van der Waals surface area contributed by atoms with Gasteiger partial charge < -0.3 is 5.32 Å². The van der Waals surface area contributed by atoms with Gasteiger partial charge in [0, 0.05) is 24.0 Å². The molecule has 3 aromatic heterocycles. The number of sulfonamides is 1. The molecule has 1 fully saturated rings. The molecule has 0 spiro atoms. The molecule has 1 saturated carbocycles. The van der Waals surface area contributed by atoms with Crippen LogP contribution in [-0.4, -0.2) is 49.9 Å². The molecule has 3 N–H and O–H groups in total. The van der Waals surface area contributed by atoms with Crippen molar-refractivity contribution in [3.8, 4) is 0 Å². The van der Waals surface area contributed by atoms with Gasteiger partial charge in [0.25, 0.3) is 0 Å². The number of nitrogens with zero attached hydrogens (tertiary/aromatic N) is 3. The number of ketones is 1. The van der Waals surface area contributed by atoms with Crippen LogP contribution in [0.25, 0.3) is 0 Å². The fourth-order valence-corrected chi connectivity index (χ4v) is 6.93. The molecule has 0 saturated heterocycles. The molecule has 0 aromatic carbocycles. The normalized spacial score (nSPS) is 14.4. The molecule has 0 atom stereocenters. The number of carbonyl (C=O) groups is 2. The highest BCUT2D eigenvalue weighted by molar-refractivity contribution is 7.93. The summed E-state index contributed by atoms with van der Waals surface area (Å²) in [5.74, 6) is -0.126. The second-order valence-corrected chi connectivity index (χ2v) is 13.3. The minimum Gasteiger partial charge on any atom is -0.308 e. The van der Waals surface area contributed by atoms with Crippen molar-refractivity contribution < 1.29 is 26.4 Å². The van der Waals surface area contributed by atoms with E-state index >= 15 is 0 Å². The summed E-state index contributed by atoms with van der Waals surface area (Å²) < 4.78 is 51.4. The molecule has 15 heteroatoms. The second kappa shape index (κ2) is 11.0. The van der Waals surface area contributed by atoms with E-state index in [4.69, 9.17) is 0 Å². The highest BCUT2D eigenvalue weighted by atomic mass is 32.2. The van der Waals surface area contributed by atoms with Crippen molar-refractivity contribution in [3.05, 3.63) is 54.1 Å². The Hall–Kier alpha value is -3.27. The zero-order valence-electron chi connectivity index (χ0n) is 19.7. The highest BCUT2D eigenvalue weighted by Gasteiger charge is 2.28. The van der Waals surface area contributed by atoms with Crippen LogP contribution in [0.5, 0.6) is 0 Å². The summed E-state index contributed by atoms with van der Waals surface area (Å²) in [5, 5.41) is 4.73. The maximum absolute atomic E-state index is 13.1. The van der Waals surface area contributed by atoms with Crippen molar-refractivity contribution in [3.63, 3.8) is 0 Å². The first-order valence-electron chi connectivity index (χ1n) is 11.2. The lowest BCUT2D eigenvalue weighted by Crippen LogP contribution is -2.23. The molecule has 0 unspecified atom stereocenters. The number of hydrogen-bond donors (Lipinski definition) is 3. The van der Waals surface area contributed by atoms with Gasteiger partial charge in [-0.1, -0.05) is 30.2 Å². The van der Waals surface area contributed by atoms with Gasteiger partial charge in [0.05, 0.1) is 18.5 Å². The van der Waals surface area contributed by atoms with Crippen molar-refractivity contribution in [1.82, 2.24) is 19.7 Å². The summed E-state index contributed by atoms with van der Waals surface area (Å²) in [7, 11) is -7.79. The number of amides is 2. The number of anilines is 2. The summed E-state index contributed by atoms with van der Waals surface area (Å²) in [6.07, 6.45) is 7.32. The molecule has 0 radical (unpaired) electrons. The fraction of sp³-hybridized carbons (Fsp3) is 0.318. The lowest BCUT2D eigenvalue weighted by molar-refractivity contribution is 0.0917. The molecule has 37 heavy (non-hydrogen) atoms. The molecular formula is C22H24N6O6S3. The van der Waals surface area contributed by atoms with Crippen molar-refractivity contribution in [1.29, 1.82) is 0 Å². The average Bonchev–Trinajstić information content (AvgIpc) is 3.53. The number of carbonyl (C=O) groups excluding carboxylic acids is 2. The van der Waals surface area contributed by atoms with E-state index in [0.717, 1.165) is 31.9 Å². The molecule has 12 nitrogen and oxygen atoms in total. The fourth-order valence-electron chi connectivity index (χ4n) is 3.81. The standard InChI is InChI=1S/C22H24N6O6S3/c1-36(31,32)25-13-17-20(37(33,34)18-8-4-5-10-24-18)35-22(27-17)28-21(30)26-15-9-11-23-16(12-15)19(29)14-6-2-3-7-14/h4-5,8-12,14,25H,2-3,6-7,13H2,1H3,(H2,23,26,27,28,30). The predicted molar refractivity (Wildman–Crippen MR) is 137 cm³/mol. The van der Waals surface area contributed by atoms with E-state index < -0.39 is 32.4 Å². The maximum Gasteiger partial charge on any atom is 0.325 e. The van der Waals surface area contributed by atoms with Crippen LogP contribution >= 0.6 is 11.3 Å². The zero-order valence-corrected chi connectivity index (χ0v) is 22.1. The monoisotopic (exact) mass is 564 g/mol. The smallest absolute Gasteiger partial charge is 0.308 e. The molecular weight excluding hydrogens is 540 g/mol. The lowest BCUT2D eigenvalue weighted by atomic mass is 9.99. The van der Waals surface area contributed by atoms with E-state index in [1.54, 1.807) is 6.07 Å². The number of sulfone groups is 1. The van der Waals surface area contributed by atoms with Crippen LogP contribution in [0.4, 0.5) is 15.6 Å². The van der Waals surface area contributed by atoms with Gasteiger partial charge in [0.2, 0.25) is 19.9 Å². The summed E-state index contributed by atoms with van der Waals surface area (Å²) >= 11 is 0.663. The number of Topliss-reactive ketones (excluding diaryl/α,β-unsaturated/α-hetero) is 1. The van der Waals surface area contributed by atoms with Crippen LogP contribution in [0, 0.1) is 5.92 Å². The first kappa shape index (κ1) is 26.8. The third-order valence-corrected chi connectivity index (χ3v) is 9.44. The van der Waals surface area contributed by atoms with Crippen LogP contribution in [-0.2, 0) is 26.4 Å². The molecule has 1 aliphatic rings. The maximum atomic E-state index is 13.1. The first-order chi connectivity index (χ1) is 17.5. The Morgan fingerprint density at radius 1 is 1.03 bits per heavy atom. The molecule has 4 rings (SSSR count). The van der Waals surface area contributed by atoms with Crippen LogP contribution in [0.3, 0.4) is 0 Å². The topological polar surface area (TPSA) is 177 Å². The highest BCUT2D eigenvalue weighted by Crippen LogP contribution is 2.32.